The lowest BCUT2D eigenvalue weighted by Gasteiger charge is -2.35. The molecule has 2 saturated carbocycles. The van der Waals surface area contributed by atoms with E-state index < -0.39 is 22.8 Å². The van der Waals surface area contributed by atoms with Crippen LogP contribution in [0.3, 0.4) is 0 Å². The summed E-state index contributed by atoms with van der Waals surface area (Å²) < 4.78 is 10.2. The molecule has 2 bridgehead atoms. The van der Waals surface area contributed by atoms with E-state index in [1.165, 1.54) is 0 Å². The number of ketones is 1. The molecule has 0 saturated heterocycles. The molecule has 0 heterocycles. The zero-order valence-electron chi connectivity index (χ0n) is 12.6. The lowest BCUT2D eigenvalue weighted by Crippen LogP contribution is -2.50. The summed E-state index contributed by atoms with van der Waals surface area (Å²) in [5.41, 5.74) is -2.44. The molecule has 0 aromatic carbocycles. The molecule has 0 aromatic rings. The molecule has 0 amide bonds. The largest absolute Gasteiger partial charge is 0.465 e. The standard InChI is InChI=1S/C16H22O5/c1-4-11-10-15(13(18)20-5-2)8-7-9-16(11,12(15)17)14(19)21-6-3/h4,11H,1,5-10H2,2-3H3/t11-,15-,16-/m1/s1. The molecule has 0 aromatic heterocycles. The highest BCUT2D eigenvalue weighted by Gasteiger charge is 2.70. The monoisotopic (exact) mass is 294 g/mol. The van der Waals surface area contributed by atoms with Gasteiger partial charge in [-0.2, -0.15) is 0 Å². The summed E-state index contributed by atoms with van der Waals surface area (Å²) in [4.78, 5) is 37.8. The number of hydrogen-bond acceptors (Lipinski definition) is 5. The van der Waals surface area contributed by atoms with Gasteiger partial charge in [0.1, 0.15) is 10.8 Å². The van der Waals surface area contributed by atoms with E-state index in [-0.39, 0.29) is 24.9 Å². The van der Waals surface area contributed by atoms with Gasteiger partial charge in [0, 0.05) is 5.92 Å². The number of carbonyl (C=O) groups is 3. The van der Waals surface area contributed by atoms with Crippen LogP contribution in [0.2, 0.25) is 0 Å². The maximum Gasteiger partial charge on any atom is 0.320 e. The molecule has 21 heavy (non-hydrogen) atoms. The summed E-state index contributed by atoms with van der Waals surface area (Å²) in [6.45, 7) is 7.60. The van der Waals surface area contributed by atoms with E-state index in [2.05, 4.69) is 6.58 Å². The third kappa shape index (κ3) is 2.01. The van der Waals surface area contributed by atoms with E-state index in [0.29, 0.717) is 25.7 Å². The Labute approximate surface area is 124 Å². The fourth-order valence-corrected chi connectivity index (χ4v) is 3.86. The average molecular weight is 294 g/mol. The van der Waals surface area contributed by atoms with Crippen molar-refractivity contribution >= 4 is 17.7 Å². The molecule has 0 unspecified atom stereocenters. The van der Waals surface area contributed by atoms with E-state index in [9.17, 15) is 14.4 Å². The van der Waals surface area contributed by atoms with E-state index in [1.807, 2.05) is 0 Å². The van der Waals surface area contributed by atoms with E-state index >= 15 is 0 Å². The average Bonchev–Trinajstić information content (AvgIpc) is 2.61. The van der Waals surface area contributed by atoms with Crippen LogP contribution >= 0.6 is 0 Å². The van der Waals surface area contributed by atoms with Gasteiger partial charge in [0.25, 0.3) is 0 Å². The zero-order chi connectivity index (χ0) is 15.7. The fourth-order valence-electron chi connectivity index (χ4n) is 3.86. The van der Waals surface area contributed by atoms with Crippen molar-refractivity contribution in [1.82, 2.24) is 0 Å². The quantitative estimate of drug-likeness (QED) is 0.441. The highest BCUT2D eigenvalue weighted by Crippen LogP contribution is 2.60. The van der Waals surface area contributed by atoms with Gasteiger partial charge in [0.05, 0.1) is 13.2 Å². The number of fused-ring (bicyclic) bond motifs is 2. The van der Waals surface area contributed by atoms with Gasteiger partial charge in [-0.15, -0.1) is 6.58 Å². The molecule has 2 aliphatic carbocycles. The van der Waals surface area contributed by atoms with Crippen LogP contribution in [0.25, 0.3) is 0 Å². The Hall–Kier alpha value is -1.65. The van der Waals surface area contributed by atoms with E-state index in [4.69, 9.17) is 9.47 Å². The predicted octanol–water partition coefficient (Wildman–Crippen LogP) is 2.04. The molecular formula is C16H22O5. The lowest BCUT2D eigenvalue weighted by molar-refractivity contribution is -0.169. The van der Waals surface area contributed by atoms with Crippen LogP contribution in [-0.4, -0.2) is 30.9 Å². The van der Waals surface area contributed by atoms with Gasteiger partial charge in [-0.3, -0.25) is 14.4 Å². The highest BCUT2D eigenvalue weighted by molar-refractivity contribution is 6.17. The first-order chi connectivity index (χ1) is 9.99. The van der Waals surface area contributed by atoms with Crippen molar-refractivity contribution in [3.8, 4) is 0 Å². The minimum absolute atomic E-state index is 0.212. The molecule has 5 nitrogen and oxygen atoms in total. The summed E-state index contributed by atoms with van der Waals surface area (Å²) >= 11 is 0. The maximum absolute atomic E-state index is 13.0. The Kier molecular flexibility index (Phi) is 4.21. The molecule has 0 N–H and O–H groups in total. The summed E-state index contributed by atoms with van der Waals surface area (Å²) in [6.07, 6.45) is 3.40. The van der Waals surface area contributed by atoms with Crippen LogP contribution in [-0.2, 0) is 23.9 Å². The van der Waals surface area contributed by atoms with Crippen LogP contribution in [0.5, 0.6) is 0 Å². The topological polar surface area (TPSA) is 69.7 Å². The Morgan fingerprint density at radius 3 is 2.43 bits per heavy atom. The maximum atomic E-state index is 13.0. The summed E-state index contributed by atoms with van der Waals surface area (Å²) in [7, 11) is 0. The second-order valence-electron chi connectivity index (χ2n) is 5.72. The number of hydrogen-bond donors (Lipinski definition) is 0. The molecule has 116 valence electrons. The third-order valence-corrected chi connectivity index (χ3v) is 4.81. The van der Waals surface area contributed by atoms with Crippen LogP contribution < -0.4 is 0 Å². The van der Waals surface area contributed by atoms with Gasteiger partial charge in [0.2, 0.25) is 0 Å². The predicted molar refractivity (Wildman–Crippen MR) is 75.3 cm³/mol. The molecule has 3 atom stereocenters. The molecule has 2 fully saturated rings. The third-order valence-electron chi connectivity index (χ3n) is 4.81. The van der Waals surface area contributed by atoms with Crippen molar-refractivity contribution in [1.29, 1.82) is 0 Å². The Bertz CT molecular complexity index is 483. The van der Waals surface area contributed by atoms with Gasteiger partial charge in [-0.05, 0) is 33.1 Å². The fraction of sp³-hybridized carbons (Fsp3) is 0.688. The van der Waals surface area contributed by atoms with Crippen LogP contribution in [0.15, 0.2) is 12.7 Å². The van der Waals surface area contributed by atoms with E-state index in [1.54, 1.807) is 19.9 Å². The van der Waals surface area contributed by atoms with Gasteiger partial charge < -0.3 is 9.47 Å². The number of allylic oxidation sites excluding steroid dienone is 1. The Morgan fingerprint density at radius 2 is 1.86 bits per heavy atom. The van der Waals surface area contributed by atoms with Crippen molar-refractivity contribution in [2.75, 3.05) is 13.2 Å². The molecule has 5 heteroatoms. The second kappa shape index (κ2) is 5.62. The number of rotatable bonds is 5. The second-order valence-corrected chi connectivity index (χ2v) is 5.72. The number of ether oxygens (including phenoxy) is 2. The summed E-state index contributed by atoms with van der Waals surface area (Å²) in [5.74, 6) is -1.72. The molecule has 0 radical (unpaired) electrons. The SMILES string of the molecule is C=C[C@@H]1C[C@]2(C(=O)OCC)CCC[C@]1(C(=O)OCC)C2=O. The molecule has 2 aliphatic rings. The summed E-state index contributed by atoms with van der Waals surface area (Å²) in [6, 6.07) is 0. The first kappa shape index (κ1) is 15.7. The minimum atomic E-state index is -1.25. The molecule has 0 aliphatic heterocycles. The van der Waals surface area contributed by atoms with Crippen LogP contribution in [0.4, 0.5) is 0 Å². The van der Waals surface area contributed by atoms with Crippen LogP contribution in [0, 0.1) is 16.7 Å². The molecule has 0 spiro atoms. The number of esters is 2. The number of Topliss-reactive ketones (excluding diaryl/α,β-unsaturated/α-hetero) is 1. The highest BCUT2D eigenvalue weighted by atomic mass is 16.5. The first-order valence-electron chi connectivity index (χ1n) is 7.51. The van der Waals surface area contributed by atoms with E-state index in [0.717, 1.165) is 0 Å². The van der Waals surface area contributed by atoms with Crippen molar-refractivity contribution < 1.29 is 23.9 Å². The normalized spacial score (nSPS) is 34.4. The van der Waals surface area contributed by atoms with Crippen molar-refractivity contribution in [3.05, 3.63) is 12.7 Å². The van der Waals surface area contributed by atoms with Crippen LogP contribution in [0.1, 0.15) is 39.5 Å². The van der Waals surface area contributed by atoms with Gasteiger partial charge >= 0.3 is 11.9 Å². The van der Waals surface area contributed by atoms with Gasteiger partial charge in [0.15, 0.2) is 5.78 Å². The number of carbonyl (C=O) groups excluding carboxylic acids is 3. The van der Waals surface area contributed by atoms with Crippen molar-refractivity contribution in [3.63, 3.8) is 0 Å². The first-order valence-corrected chi connectivity index (χ1v) is 7.51. The zero-order valence-corrected chi connectivity index (χ0v) is 12.6. The smallest absolute Gasteiger partial charge is 0.320 e. The Balaban J connectivity index is 2.46. The lowest BCUT2D eigenvalue weighted by atomic mass is 9.66. The minimum Gasteiger partial charge on any atom is -0.465 e. The molecular weight excluding hydrogens is 272 g/mol. The van der Waals surface area contributed by atoms with Gasteiger partial charge in [-0.25, -0.2) is 0 Å². The summed E-state index contributed by atoms with van der Waals surface area (Å²) in [5, 5.41) is 0. The molecule has 2 rings (SSSR count). The van der Waals surface area contributed by atoms with Gasteiger partial charge in [-0.1, -0.05) is 12.5 Å². The van der Waals surface area contributed by atoms with Crippen molar-refractivity contribution in [2.45, 2.75) is 39.5 Å². The van der Waals surface area contributed by atoms with Crippen molar-refractivity contribution in [2.24, 2.45) is 16.7 Å². The Morgan fingerprint density at radius 1 is 1.24 bits per heavy atom.